The second-order valence-electron chi connectivity index (χ2n) is 4.49. The molecule has 2 N–H and O–H groups in total. The molecule has 0 aromatic heterocycles. The van der Waals surface area contributed by atoms with E-state index in [9.17, 15) is 10.1 Å². The van der Waals surface area contributed by atoms with E-state index in [-0.39, 0.29) is 5.69 Å². The van der Waals surface area contributed by atoms with Crippen LogP contribution in [0.2, 0.25) is 0 Å². The van der Waals surface area contributed by atoms with E-state index in [1.54, 1.807) is 19.1 Å². The van der Waals surface area contributed by atoms with Crippen molar-refractivity contribution in [1.82, 2.24) is 0 Å². The lowest BCUT2D eigenvalue weighted by atomic mass is 10.1. The van der Waals surface area contributed by atoms with Crippen LogP contribution < -0.4 is 10.5 Å². The standard InChI is InChI=1S/C15H16N2O3/c1-11-10-14(6-7-15(11)17(18)19)20-13-4-2-12(3-5-13)8-9-16/h2-7,10H,8-9,16H2,1H3. The summed E-state index contributed by atoms with van der Waals surface area (Å²) in [6.45, 7) is 2.30. The van der Waals surface area contributed by atoms with Gasteiger partial charge in [-0.2, -0.15) is 0 Å². The van der Waals surface area contributed by atoms with Crippen molar-refractivity contribution in [3.8, 4) is 11.5 Å². The van der Waals surface area contributed by atoms with Crippen molar-refractivity contribution in [3.05, 3.63) is 63.7 Å². The topological polar surface area (TPSA) is 78.4 Å². The summed E-state index contributed by atoms with van der Waals surface area (Å²) >= 11 is 0. The first-order chi connectivity index (χ1) is 9.60. The van der Waals surface area contributed by atoms with Gasteiger partial charge in [-0.25, -0.2) is 0 Å². The normalized spacial score (nSPS) is 10.3. The van der Waals surface area contributed by atoms with Gasteiger partial charge in [-0.3, -0.25) is 10.1 Å². The highest BCUT2D eigenvalue weighted by molar-refractivity contribution is 5.45. The predicted octanol–water partition coefficient (Wildman–Crippen LogP) is 3.20. The first-order valence-corrected chi connectivity index (χ1v) is 6.32. The second kappa shape index (κ2) is 6.16. The van der Waals surface area contributed by atoms with E-state index >= 15 is 0 Å². The van der Waals surface area contributed by atoms with Crippen molar-refractivity contribution < 1.29 is 9.66 Å². The zero-order valence-electron chi connectivity index (χ0n) is 11.2. The first kappa shape index (κ1) is 14.0. The molecule has 0 heterocycles. The number of hydrogen-bond donors (Lipinski definition) is 1. The third-order valence-electron chi connectivity index (χ3n) is 2.96. The van der Waals surface area contributed by atoms with Crippen molar-refractivity contribution >= 4 is 5.69 Å². The number of hydrogen-bond acceptors (Lipinski definition) is 4. The Hall–Kier alpha value is -2.40. The van der Waals surface area contributed by atoms with Gasteiger partial charge in [0.1, 0.15) is 11.5 Å². The number of aryl methyl sites for hydroxylation is 1. The van der Waals surface area contributed by atoms with Crippen LogP contribution >= 0.6 is 0 Å². The van der Waals surface area contributed by atoms with Gasteiger partial charge in [0, 0.05) is 11.6 Å². The summed E-state index contributed by atoms with van der Waals surface area (Å²) in [5.74, 6) is 1.28. The highest BCUT2D eigenvalue weighted by Crippen LogP contribution is 2.27. The quantitative estimate of drug-likeness (QED) is 0.669. The molecular formula is C15H16N2O3. The third-order valence-corrected chi connectivity index (χ3v) is 2.96. The first-order valence-electron chi connectivity index (χ1n) is 6.32. The molecule has 104 valence electrons. The SMILES string of the molecule is Cc1cc(Oc2ccc(CCN)cc2)ccc1[N+](=O)[O-]. The fourth-order valence-corrected chi connectivity index (χ4v) is 1.92. The number of nitro groups is 1. The zero-order chi connectivity index (χ0) is 14.5. The highest BCUT2D eigenvalue weighted by atomic mass is 16.6. The Labute approximate surface area is 117 Å². The van der Waals surface area contributed by atoms with Crippen molar-refractivity contribution in [3.63, 3.8) is 0 Å². The van der Waals surface area contributed by atoms with E-state index < -0.39 is 4.92 Å². The molecule has 2 aromatic rings. The van der Waals surface area contributed by atoms with Crippen LogP contribution in [0, 0.1) is 17.0 Å². The van der Waals surface area contributed by atoms with Crippen molar-refractivity contribution in [2.24, 2.45) is 5.73 Å². The molecule has 0 amide bonds. The number of ether oxygens (including phenoxy) is 1. The lowest BCUT2D eigenvalue weighted by molar-refractivity contribution is -0.385. The summed E-state index contributed by atoms with van der Waals surface area (Å²) in [6, 6.07) is 12.3. The van der Waals surface area contributed by atoms with Crippen LogP contribution in [0.15, 0.2) is 42.5 Å². The van der Waals surface area contributed by atoms with Gasteiger partial charge >= 0.3 is 0 Å². The largest absolute Gasteiger partial charge is 0.457 e. The van der Waals surface area contributed by atoms with Gasteiger partial charge in [-0.15, -0.1) is 0 Å². The maximum atomic E-state index is 10.7. The Balaban J connectivity index is 2.13. The highest BCUT2D eigenvalue weighted by Gasteiger charge is 2.10. The molecule has 0 aliphatic rings. The number of rotatable bonds is 5. The van der Waals surface area contributed by atoms with E-state index in [0.717, 1.165) is 12.0 Å². The third kappa shape index (κ3) is 3.33. The molecule has 5 heteroatoms. The maximum Gasteiger partial charge on any atom is 0.272 e. The van der Waals surface area contributed by atoms with E-state index in [0.29, 0.717) is 23.6 Å². The summed E-state index contributed by atoms with van der Waals surface area (Å²) < 4.78 is 5.67. The van der Waals surface area contributed by atoms with Crippen molar-refractivity contribution in [2.45, 2.75) is 13.3 Å². The molecule has 0 saturated carbocycles. The number of nitrogens with zero attached hydrogens (tertiary/aromatic N) is 1. The van der Waals surface area contributed by atoms with Gasteiger partial charge in [0.05, 0.1) is 4.92 Å². The number of nitrogens with two attached hydrogens (primary N) is 1. The minimum absolute atomic E-state index is 0.0932. The molecule has 0 saturated heterocycles. The Morgan fingerprint density at radius 1 is 1.15 bits per heavy atom. The number of nitro benzene ring substituents is 1. The molecule has 0 unspecified atom stereocenters. The lowest BCUT2D eigenvalue weighted by Crippen LogP contribution is -2.02. The molecule has 0 aliphatic heterocycles. The van der Waals surface area contributed by atoms with Gasteiger partial charge in [-0.05, 0) is 49.7 Å². The summed E-state index contributed by atoms with van der Waals surface area (Å²) in [7, 11) is 0. The Morgan fingerprint density at radius 2 is 1.80 bits per heavy atom. The monoisotopic (exact) mass is 272 g/mol. The van der Waals surface area contributed by atoms with Gasteiger partial charge in [0.15, 0.2) is 0 Å². The van der Waals surface area contributed by atoms with Crippen molar-refractivity contribution in [1.29, 1.82) is 0 Å². The fourth-order valence-electron chi connectivity index (χ4n) is 1.92. The van der Waals surface area contributed by atoms with Crippen LogP contribution in [0.4, 0.5) is 5.69 Å². The summed E-state index contributed by atoms with van der Waals surface area (Å²) in [6.07, 6.45) is 0.830. The molecule has 0 radical (unpaired) electrons. The van der Waals surface area contributed by atoms with Gasteiger partial charge in [0.2, 0.25) is 0 Å². The maximum absolute atomic E-state index is 10.7. The molecule has 2 aromatic carbocycles. The van der Waals surface area contributed by atoms with E-state index in [1.807, 2.05) is 24.3 Å². The van der Waals surface area contributed by atoms with Gasteiger partial charge in [0.25, 0.3) is 5.69 Å². The molecule has 0 atom stereocenters. The summed E-state index contributed by atoms with van der Waals surface area (Å²) in [5, 5.41) is 10.7. The molecule has 0 aliphatic carbocycles. The van der Waals surface area contributed by atoms with Crippen molar-refractivity contribution in [2.75, 3.05) is 6.54 Å². The van der Waals surface area contributed by atoms with Crippen LogP contribution in [-0.2, 0) is 6.42 Å². The fraction of sp³-hybridized carbons (Fsp3) is 0.200. The summed E-state index contributed by atoms with van der Waals surface area (Å²) in [5.41, 5.74) is 7.31. The molecule has 2 rings (SSSR count). The second-order valence-corrected chi connectivity index (χ2v) is 4.49. The molecule has 0 fully saturated rings. The molecule has 20 heavy (non-hydrogen) atoms. The average Bonchev–Trinajstić information content (AvgIpc) is 2.41. The minimum Gasteiger partial charge on any atom is -0.457 e. The van der Waals surface area contributed by atoms with E-state index in [1.165, 1.54) is 6.07 Å². The molecular weight excluding hydrogens is 256 g/mol. The zero-order valence-corrected chi connectivity index (χ0v) is 11.2. The van der Waals surface area contributed by atoms with Gasteiger partial charge < -0.3 is 10.5 Å². The molecule has 0 bridgehead atoms. The Morgan fingerprint density at radius 3 is 2.35 bits per heavy atom. The predicted molar refractivity (Wildman–Crippen MR) is 77.1 cm³/mol. The smallest absolute Gasteiger partial charge is 0.272 e. The van der Waals surface area contributed by atoms with Crippen LogP contribution in [0.3, 0.4) is 0 Å². The van der Waals surface area contributed by atoms with Gasteiger partial charge in [-0.1, -0.05) is 12.1 Å². The Kier molecular flexibility index (Phi) is 4.32. The van der Waals surface area contributed by atoms with Crippen LogP contribution in [0.25, 0.3) is 0 Å². The van der Waals surface area contributed by atoms with E-state index in [2.05, 4.69) is 0 Å². The van der Waals surface area contributed by atoms with Crippen LogP contribution in [-0.4, -0.2) is 11.5 Å². The molecule has 0 spiro atoms. The summed E-state index contributed by atoms with van der Waals surface area (Å²) in [4.78, 5) is 10.3. The lowest BCUT2D eigenvalue weighted by Gasteiger charge is -2.07. The van der Waals surface area contributed by atoms with Crippen LogP contribution in [0.5, 0.6) is 11.5 Å². The minimum atomic E-state index is -0.402. The number of benzene rings is 2. The van der Waals surface area contributed by atoms with Crippen LogP contribution in [0.1, 0.15) is 11.1 Å². The Bertz CT molecular complexity index is 609. The average molecular weight is 272 g/mol. The van der Waals surface area contributed by atoms with E-state index in [4.69, 9.17) is 10.5 Å². The molecule has 5 nitrogen and oxygen atoms in total.